The zero-order valence-corrected chi connectivity index (χ0v) is 13.7. The fourth-order valence-electron chi connectivity index (χ4n) is 3.07. The molecule has 1 fully saturated rings. The van der Waals surface area contributed by atoms with Crippen LogP contribution >= 0.6 is 0 Å². The van der Waals surface area contributed by atoms with Crippen molar-refractivity contribution in [3.63, 3.8) is 0 Å². The molecule has 3 atom stereocenters. The van der Waals surface area contributed by atoms with Crippen LogP contribution < -0.4 is 5.32 Å². The van der Waals surface area contributed by atoms with Gasteiger partial charge >= 0.3 is 0 Å². The molecule has 0 aromatic heterocycles. The fourth-order valence-corrected chi connectivity index (χ4v) is 3.07. The zero-order valence-electron chi connectivity index (χ0n) is 13.7. The molecule has 24 heavy (non-hydrogen) atoms. The predicted molar refractivity (Wildman–Crippen MR) is 90.9 cm³/mol. The second-order valence-electron chi connectivity index (χ2n) is 6.52. The molecule has 0 spiro atoms. The van der Waals surface area contributed by atoms with E-state index in [-0.39, 0.29) is 17.6 Å². The average molecular weight is 327 g/mol. The highest BCUT2D eigenvalue weighted by atomic mass is 19.1. The second-order valence-corrected chi connectivity index (χ2v) is 6.52. The van der Waals surface area contributed by atoms with Crippen molar-refractivity contribution < 1.29 is 14.3 Å². The van der Waals surface area contributed by atoms with Crippen molar-refractivity contribution in [1.29, 1.82) is 0 Å². The van der Waals surface area contributed by atoms with Crippen molar-refractivity contribution in [3.05, 3.63) is 71.5 Å². The Morgan fingerprint density at radius 2 is 1.71 bits per heavy atom. The van der Waals surface area contributed by atoms with E-state index >= 15 is 0 Å². The van der Waals surface area contributed by atoms with Gasteiger partial charge in [-0.05, 0) is 48.9 Å². The van der Waals surface area contributed by atoms with Crippen LogP contribution in [0.4, 0.5) is 4.39 Å². The summed E-state index contributed by atoms with van der Waals surface area (Å²) in [6, 6.07) is 15.0. The quantitative estimate of drug-likeness (QED) is 0.852. The van der Waals surface area contributed by atoms with Gasteiger partial charge in [-0.2, -0.15) is 0 Å². The number of halogens is 1. The smallest absolute Gasteiger partial charge is 0.228 e. The van der Waals surface area contributed by atoms with Crippen molar-refractivity contribution in [2.45, 2.75) is 37.8 Å². The maximum absolute atomic E-state index is 13.0. The van der Waals surface area contributed by atoms with Gasteiger partial charge in [0.15, 0.2) is 0 Å². The standard InChI is InChI=1S/C20H22FNO2/c1-13(19(23)16-9-11-17(21)12-10-16)22-20(24)18(15-7-8-15)14-5-3-2-4-6-14/h2-6,9-13,15,18-19,23H,7-8H2,1H3,(H,22,24). The van der Waals surface area contributed by atoms with Crippen LogP contribution in [-0.4, -0.2) is 17.1 Å². The van der Waals surface area contributed by atoms with Gasteiger partial charge in [0.1, 0.15) is 5.82 Å². The highest BCUT2D eigenvalue weighted by Gasteiger charge is 2.38. The Morgan fingerprint density at radius 3 is 2.29 bits per heavy atom. The first-order valence-electron chi connectivity index (χ1n) is 8.35. The molecular formula is C20H22FNO2. The molecule has 4 heteroatoms. The van der Waals surface area contributed by atoms with Crippen molar-refractivity contribution in [1.82, 2.24) is 5.32 Å². The first-order chi connectivity index (χ1) is 11.6. The van der Waals surface area contributed by atoms with Crippen LogP contribution in [0.15, 0.2) is 54.6 Å². The van der Waals surface area contributed by atoms with Crippen LogP contribution in [0.5, 0.6) is 0 Å². The van der Waals surface area contributed by atoms with Crippen molar-refractivity contribution in [2.24, 2.45) is 5.92 Å². The third-order valence-electron chi connectivity index (χ3n) is 4.59. The molecule has 1 aliphatic rings. The molecule has 3 rings (SSSR count). The monoisotopic (exact) mass is 327 g/mol. The second kappa shape index (κ2) is 7.14. The topological polar surface area (TPSA) is 49.3 Å². The Morgan fingerprint density at radius 1 is 1.08 bits per heavy atom. The minimum Gasteiger partial charge on any atom is -0.386 e. The molecule has 3 nitrogen and oxygen atoms in total. The maximum Gasteiger partial charge on any atom is 0.228 e. The van der Waals surface area contributed by atoms with Gasteiger partial charge in [-0.25, -0.2) is 4.39 Å². The third kappa shape index (κ3) is 3.82. The summed E-state index contributed by atoms with van der Waals surface area (Å²) in [6.07, 6.45) is 1.24. The summed E-state index contributed by atoms with van der Waals surface area (Å²) in [5, 5.41) is 13.3. The van der Waals surface area contributed by atoms with Crippen molar-refractivity contribution >= 4 is 5.91 Å². The SMILES string of the molecule is CC(NC(=O)C(c1ccccc1)C1CC1)C(O)c1ccc(F)cc1. The van der Waals surface area contributed by atoms with Gasteiger partial charge in [0.25, 0.3) is 0 Å². The predicted octanol–water partition coefficient (Wildman–Crippen LogP) is 3.56. The van der Waals surface area contributed by atoms with Crippen LogP contribution in [-0.2, 0) is 4.79 Å². The first-order valence-corrected chi connectivity index (χ1v) is 8.35. The minimum absolute atomic E-state index is 0.0580. The number of carbonyl (C=O) groups is 1. The zero-order chi connectivity index (χ0) is 17.1. The van der Waals surface area contributed by atoms with Crippen LogP contribution in [0.1, 0.15) is 42.9 Å². The highest BCUT2D eigenvalue weighted by Crippen LogP contribution is 2.42. The summed E-state index contributed by atoms with van der Waals surface area (Å²) in [4.78, 5) is 12.7. The molecule has 126 valence electrons. The molecule has 2 N–H and O–H groups in total. The molecule has 3 unspecified atom stereocenters. The largest absolute Gasteiger partial charge is 0.386 e. The Kier molecular flexibility index (Phi) is 4.95. The van der Waals surface area contributed by atoms with Crippen molar-refractivity contribution in [2.75, 3.05) is 0 Å². The highest BCUT2D eigenvalue weighted by molar-refractivity contribution is 5.84. The van der Waals surface area contributed by atoms with Crippen LogP contribution in [0.2, 0.25) is 0 Å². The lowest BCUT2D eigenvalue weighted by Gasteiger charge is -2.24. The summed E-state index contributed by atoms with van der Waals surface area (Å²) in [6.45, 7) is 1.76. The fraction of sp³-hybridized carbons (Fsp3) is 0.350. The number of benzene rings is 2. The Labute approximate surface area is 141 Å². The van der Waals surface area contributed by atoms with E-state index in [9.17, 15) is 14.3 Å². The summed E-state index contributed by atoms with van der Waals surface area (Å²) in [5.74, 6) is -0.200. The lowest BCUT2D eigenvalue weighted by molar-refractivity contribution is -0.124. The summed E-state index contributed by atoms with van der Waals surface area (Å²) in [5.41, 5.74) is 1.60. The van der Waals surface area contributed by atoms with E-state index in [1.165, 1.54) is 24.3 Å². The third-order valence-corrected chi connectivity index (χ3v) is 4.59. The molecule has 0 aliphatic heterocycles. The molecule has 1 amide bonds. The Balaban J connectivity index is 1.69. The number of aliphatic hydroxyl groups is 1. The van der Waals surface area contributed by atoms with E-state index in [2.05, 4.69) is 5.32 Å². The number of hydrogen-bond donors (Lipinski definition) is 2. The molecule has 0 heterocycles. The van der Waals surface area contributed by atoms with E-state index in [4.69, 9.17) is 0 Å². The lowest BCUT2D eigenvalue weighted by Crippen LogP contribution is -2.40. The number of amides is 1. The number of aliphatic hydroxyl groups excluding tert-OH is 1. The normalized spacial score (nSPS) is 17.8. The summed E-state index contributed by atoms with van der Waals surface area (Å²) < 4.78 is 13.0. The van der Waals surface area contributed by atoms with Gasteiger partial charge in [0.05, 0.1) is 18.1 Å². The van der Waals surface area contributed by atoms with Gasteiger partial charge in [0.2, 0.25) is 5.91 Å². The van der Waals surface area contributed by atoms with E-state index in [0.29, 0.717) is 11.5 Å². The van der Waals surface area contributed by atoms with Crippen LogP contribution in [0.25, 0.3) is 0 Å². The molecule has 1 saturated carbocycles. The lowest BCUT2D eigenvalue weighted by atomic mass is 9.92. The number of nitrogens with one attached hydrogen (secondary N) is 1. The van der Waals surface area contributed by atoms with Crippen LogP contribution in [0.3, 0.4) is 0 Å². The minimum atomic E-state index is -0.870. The number of carbonyl (C=O) groups excluding carboxylic acids is 1. The molecular weight excluding hydrogens is 305 g/mol. The Bertz CT molecular complexity index is 683. The summed E-state index contributed by atoms with van der Waals surface area (Å²) >= 11 is 0. The molecule has 0 saturated heterocycles. The molecule has 0 bridgehead atoms. The van der Waals surface area contributed by atoms with Gasteiger partial charge in [-0.3, -0.25) is 4.79 Å². The summed E-state index contributed by atoms with van der Waals surface area (Å²) in [7, 11) is 0. The first kappa shape index (κ1) is 16.7. The van der Waals surface area contributed by atoms with E-state index in [1.54, 1.807) is 6.92 Å². The van der Waals surface area contributed by atoms with Gasteiger partial charge < -0.3 is 10.4 Å². The number of rotatable bonds is 6. The maximum atomic E-state index is 13.0. The van der Waals surface area contributed by atoms with Gasteiger partial charge in [0, 0.05) is 0 Å². The number of hydrogen-bond acceptors (Lipinski definition) is 2. The van der Waals surface area contributed by atoms with Crippen molar-refractivity contribution in [3.8, 4) is 0 Å². The molecule has 1 aliphatic carbocycles. The Hall–Kier alpha value is -2.20. The van der Waals surface area contributed by atoms with E-state index in [1.807, 2.05) is 30.3 Å². The van der Waals surface area contributed by atoms with Gasteiger partial charge in [-0.1, -0.05) is 42.5 Å². The van der Waals surface area contributed by atoms with E-state index < -0.39 is 12.1 Å². The van der Waals surface area contributed by atoms with Crippen LogP contribution in [0, 0.1) is 11.7 Å². The van der Waals surface area contributed by atoms with Gasteiger partial charge in [-0.15, -0.1) is 0 Å². The average Bonchev–Trinajstić information content (AvgIpc) is 3.41. The van der Waals surface area contributed by atoms with E-state index in [0.717, 1.165) is 18.4 Å². The molecule has 2 aromatic carbocycles. The molecule has 0 radical (unpaired) electrons. The molecule has 2 aromatic rings.